The molecule has 0 aliphatic heterocycles. The lowest BCUT2D eigenvalue weighted by Crippen LogP contribution is -2.07. The first-order valence-electron chi connectivity index (χ1n) is 5.61. The number of benzene rings is 1. The Bertz CT molecular complexity index is 550. The maximum atomic E-state index is 8.76. The Hall–Kier alpha value is -1.59. The van der Waals surface area contributed by atoms with Crippen molar-refractivity contribution in [2.75, 3.05) is 0 Å². The largest absolute Gasteiger partial charge is 0.192 e. The Labute approximate surface area is 106 Å². The van der Waals surface area contributed by atoms with Gasteiger partial charge in [-0.2, -0.15) is 5.26 Å². The first-order chi connectivity index (χ1) is 8.00. The van der Waals surface area contributed by atoms with Gasteiger partial charge in [0.1, 0.15) is 0 Å². The van der Waals surface area contributed by atoms with Crippen LogP contribution in [0, 0.1) is 11.3 Å². The molecule has 86 valence electrons. The van der Waals surface area contributed by atoms with Gasteiger partial charge in [0, 0.05) is 9.75 Å². The molecule has 0 saturated heterocycles. The van der Waals surface area contributed by atoms with Gasteiger partial charge in [0.25, 0.3) is 0 Å². The maximum Gasteiger partial charge on any atom is 0.0991 e. The fourth-order valence-corrected chi connectivity index (χ4v) is 2.67. The fraction of sp³-hybridized carbons (Fsp3) is 0.267. The zero-order valence-electron chi connectivity index (χ0n) is 10.3. The van der Waals surface area contributed by atoms with Crippen LogP contribution < -0.4 is 0 Å². The minimum absolute atomic E-state index is 0.204. The van der Waals surface area contributed by atoms with Crippen LogP contribution in [0.4, 0.5) is 0 Å². The second-order valence-electron chi connectivity index (χ2n) is 5.10. The van der Waals surface area contributed by atoms with E-state index in [1.54, 1.807) is 0 Å². The van der Waals surface area contributed by atoms with E-state index in [4.69, 9.17) is 5.26 Å². The zero-order chi connectivity index (χ0) is 12.5. The van der Waals surface area contributed by atoms with Crippen LogP contribution in [0.3, 0.4) is 0 Å². The fourth-order valence-electron chi connectivity index (χ4n) is 1.61. The van der Waals surface area contributed by atoms with Gasteiger partial charge in [-0.25, -0.2) is 0 Å². The summed E-state index contributed by atoms with van der Waals surface area (Å²) in [7, 11) is 0. The van der Waals surface area contributed by atoms with Crippen LogP contribution in [-0.4, -0.2) is 0 Å². The number of rotatable bonds is 1. The molecule has 0 saturated carbocycles. The molecule has 1 aromatic heterocycles. The third-order valence-corrected chi connectivity index (χ3v) is 4.20. The van der Waals surface area contributed by atoms with Gasteiger partial charge in [0.05, 0.1) is 11.6 Å². The van der Waals surface area contributed by atoms with Crippen molar-refractivity contribution in [1.29, 1.82) is 5.26 Å². The zero-order valence-corrected chi connectivity index (χ0v) is 11.1. The van der Waals surface area contributed by atoms with Gasteiger partial charge in [0.15, 0.2) is 0 Å². The minimum atomic E-state index is 0.204. The van der Waals surface area contributed by atoms with Crippen molar-refractivity contribution >= 4 is 11.3 Å². The van der Waals surface area contributed by atoms with Crippen molar-refractivity contribution in [2.24, 2.45) is 0 Å². The first kappa shape index (κ1) is 11.9. The van der Waals surface area contributed by atoms with E-state index in [-0.39, 0.29) is 5.41 Å². The van der Waals surface area contributed by atoms with Crippen molar-refractivity contribution < 1.29 is 0 Å². The third kappa shape index (κ3) is 2.57. The van der Waals surface area contributed by atoms with E-state index in [1.807, 2.05) is 35.6 Å². The summed E-state index contributed by atoms with van der Waals surface area (Å²) in [6.07, 6.45) is 0. The Morgan fingerprint density at radius 2 is 1.65 bits per heavy atom. The Morgan fingerprint density at radius 1 is 1.00 bits per heavy atom. The molecule has 17 heavy (non-hydrogen) atoms. The molecule has 0 fully saturated rings. The summed E-state index contributed by atoms with van der Waals surface area (Å²) in [5, 5.41) is 8.76. The van der Waals surface area contributed by atoms with Crippen LogP contribution in [-0.2, 0) is 5.41 Å². The summed E-state index contributed by atoms with van der Waals surface area (Å²) < 4.78 is 0. The first-order valence-corrected chi connectivity index (χ1v) is 6.43. The lowest BCUT2D eigenvalue weighted by Gasteiger charge is -2.15. The highest BCUT2D eigenvalue weighted by Gasteiger charge is 2.16. The monoisotopic (exact) mass is 241 g/mol. The second kappa shape index (κ2) is 4.35. The van der Waals surface area contributed by atoms with Gasteiger partial charge in [0.2, 0.25) is 0 Å². The molecule has 0 bridgehead atoms. The predicted molar refractivity (Wildman–Crippen MR) is 73.2 cm³/mol. The standard InChI is InChI=1S/C15H15NS/c1-15(2,3)14-9-8-13(17-14)12-6-4-11(10-16)5-7-12/h4-9H,1-3H3. The van der Waals surface area contributed by atoms with E-state index in [2.05, 4.69) is 39.0 Å². The average molecular weight is 241 g/mol. The highest BCUT2D eigenvalue weighted by Crippen LogP contribution is 2.34. The lowest BCUT2D eigenvalue weighted by atomic mass is 9.95. The summed E-state index contributed by atoms with van der Waals surface area (Å²) in [4.78, 5) is 2.65. The molecule has 1 nitrogen and oxygen atoms in total. The minimum Gasteiger partial charge on any atom is -0.192 e. The quantitative estimate of drug-likeness (QED) is 0.716. The average Bonchev–Trinajstić information content (AvgIpc) is 2.78. The molecule has 2 rings (SSSR count). The van der Waals surface area contributed by atoms with E-state index in [0.717, 1.165) is 0 Å². The summed E-state index contributed by atoms with van der Waals surface area (Å²) in [5.41, 5.74) is 2.10. The lowest BCUT2D eigenvalue weighted by molar-refractivity contribution is 0.604. The molecule has 0 atom stereocenters. The molecule has 0 radical (unpaired) electrons. The summed E-state index contributed by atoms with van der Waals surface area (Å²) in [6, 6.07) is 14.2. The van der Waals surface area contributed by atoms with Gasteiger partial charge in [-0.1, -0.05) is 32.9 Å². The van der Waals surface area contributed by atoms with Gasteiger partial charge < -0.3 is 0 Å². The summed E-state index contributed by atoms with van der Waals surface area (Å²) >= 11 is 1.82. The van der Waals surface area contributed by atoms with E-state index in [0.29, 0.717) is 5.56 Å². The molecule has 0 aliphatic carbocycles. The van der Waals surface area contributed by atoms with Crippen molar-refractivity contribution in [2.45, 2.75) is 26.2 Å². The van der Waals surface area contributed by atoms with Gasteiger partial charge >= 0.3 is 0 Å². The van der Waals surface area contributed by atoms with Crippen molar-refractivity contribution in [3.05, 3.63) is 46.8 Å². The molecular weight excluding hydrogens is 226 g/mol. The van der Waals surface area contributed by atoms with Gasteiger partial charge in [-0.3, -0.25) is 0 Å². The number of hydrogen-bond acceptors (Lipinski definition) is 2. The summed E-state index contributed by atoms with van der Waals surface area (Å²) in [5.74, 6) is 0. The molecule has 2 heteroatoms. The number of thiophene rings is 1. The Morgan fingerprint density at radius 3 is 2.12 bits per heavy atom. The van der Waals surface area contributed by atoms with Crippen LogP contribution in [0.1, 0.15) is 31.2 Å². The highest BCUT2D eigenvalue weighted by molar-refractivity contribution is 7.15. The van der Waals surface area contributed by atoms with E-state index in [1.165, 1.54) is 15.3 Å². The smallest absolute Gasteiger partial charge is 0.0991 e. The Balaban J connectivity index is 2.34. The number of nitrogens with zero attached hydrogens (tertiary/aromatic N) is 1. The van der Waals surface area contributed by atoms with Gasteiger partial charge in [-0.05, 0) is 35.2 Å². The Kier molecular flexibility index (Phi) is 3.04. The molecule has 1 heterocycles. The van der Waals surface area contributed by atoms with Crippen LogP contribution in [0.25, 0.3) is 10.4 Å². The number of nitriles is 1. The molecular formula is C15H15NS. The second-order valence-corrected chi connectivity index (χ2v) is 6.19. The molecule has 0 unspecified atom stereocenters. The van der Waals surface area contributed by atoms with E-state index >= 15 is 0 Å². The third-order valence-electron chi connectivity index (χ3n) is 2.64. The van der Waals surface area contributed by atoms with Crippen LogP contribution >= 0.6 is 11.3 Å². The number of hydrogen-bond donors (Lipinski definition) is 0. The van der Waals surface area contributed by atoms with Crippen molar-refractivity contribution in [1.82, 2.24) is 0 Å². The summed E-state index contributed by atoms with van der Waals surface area (Å²) in [6.45, 7) is 6.67. The van der Waals surface area contributed by atoms with Crippen LogP contribution in [0.15, 0.2) is 36.4 Å². The van der Waals surface area contributed by atoms with Crippen molar-refractivity contribution in [3.8, 4) is 16.5 Å². The molecule has 1 aromatic carbocycles. The van der Waals surface area contributed by atoms with Crippen LogP contribution in [0.2, 0.25) is 0 Å². The molecule has 0 spiro atoms. The predicted octanol–water partition coefficient (Wildman–Crippen LogP) is 4.58. The maximum absolute atomic E-state index is 8.76. The molecule has 0 N–H and O–H groups in total. The topological polar surface area (TPSA) is 23.8 Å². The SMILES string of the molecule is CC(C)(C)c1ccc(-c2ccc(C#N)cc2)s1. The van der Waals surface area contributed by atoms with Crippen molar-refractivity contribution in [3.63, 3.8) is 0 Å². The van der Waals surface area contributed by atoms with E-state index in [9.17, 15) is 0 Å². The van der Waals surface area contributed by atoms with Gasteiger partial charge in [-0.15, -0.1) is 11.3 Å². The molecule has 2 aromatic rings. The molecule has 0 aliphatic rings. The molecule has 0 amide bonds. The highest BCUT2D eigenvalue weighted by atomic mass is 32.1. The van der Waals surface area contributed by atoms with Crippen LogP contribution in [0.5, 0.6) is 0 Å². The van der Waals surface area contributed by atoms with E-state index < -0.39 is 0 Å². The normalized spacial score (nSPS) is 11.2.